The number of furan rings is 1. The van der Waals surface area contributed by atoms with E-state index in [1.807, 2.05) is 19.9 Å². The lowest BCUT2D eigenvalue weighted by molar-refractivity contribution is -0.117. The number of hydrogen-bond acceptors (Lipinski definition) is 5. The molecule has 1 aromatic heterocycles. The second-order valence-electron chi connectivity index (χ2n) is 5.46. The van der Waals surface area contributed by atoms with Crippen molar-refractivity contribution < 1.29 is 13.9 Å². The third-order valence-electron chi connectivity index (χ3n) is 3.40. The molecule has 2 atom stereocenters. The molecule has 1 aliphatic rings. The summed E-state index contributed by atoms with van der Waals surface area (Å²) < 4.78 is 10.8. The monoisotopic (exact) mass is 303 g/mol. The van der Waals surface area contributed by atoms with Crippen molar-refractivity contribution in [3.8, 4) is 6.07 Å². The molecule has 1 fully saturated rings. The summed E-state index contributed by atoms with van der Waals surface area (Å²) >= 11 is 0. The maximum absolute atomic E-state index is 12.0. The molecule has 6 nitrogen and oxygen atoms in total. The van der Waals surface area contributed by atoms with E-state index >= 15 is 0 Å². The van der Waals surface area contributed by atoms with Crippen LogP contribution in [0.4, 0.5) is 0 Å². The highest BCUT2D eigenvalue weighted by atomic mass is 16.5. The van der Waals surface area contributed by atoms with Crippen LogP contribution in [0, 0.1) is 11.3 Å². The van der Waals surface area contributed by atoms with Gasteiger partial charge in [0, 0.05) is 32.3 Å². The van der Waals surface area contributed by atoms with Crippen molar-refractivity contribution in [2.45, 2.75) is 26.1 Å². The Labute approximate surface area is 130 Å². The number of morpholine rings is 1. The van der Waals surface area contributed by atoms with Crippen LogP contribution in [0.15, 0.2) is 28.4 Å². The van der Waals surface area contributed by atoms with Gasteiger partial charge in [-0.1, -0.05) is 0 Å². The summed E-state index contributed by atoms with van der Waals surface area (Å²) in [6.45, 7) is 7.03. The third-order valence-corrected chi connectivity index (χ3v) is 3.40. The van der Waals surface area contributed by atoms with Crippen LogP contribution in [-0.4, -0.2) is 49.2 Å². The van der Waals surface area contributed by atoms with Gasteiger partial charge in [-0.05, 0) is 26.0 Å². The molecule has 1 saturated heterocycles. The lowest BCUT2D eigenvalue weighted by Crippen LogP contribution is -2.47. The number of nitrogens with one attached hydrogen (secondary N) is 1. The molecule has 1 aromatic rings. The summed E-state index contributed by atoms with van der Waals surface area (Å²) in [7, 11) is 0. The van der Waals surface area contributed by atoms with Gasteiger partial charge in [0.2, 0.25) is 0 Å². The first kappa shape index (κ1) is 16.3. The second-order valence-corrected chi connectivity index (χ2v) is 5.46. The quantitative estimate of drug-likeness (QED) is 0.657. The molecule has 0 spiro atoms. The van der Waals surface area contributed by atoms with E-state index in [1.54, 1.807) is 12.1 Å². The van der Waals surface area contributed by atoms with Gasteiger partial charge in [-0.2, -0.15) is 5.26 Å². The van der Waals surface area contributed by atoms with E-state index in [0.29, 0.717) is 12.3 Å². The Morgan fingerprint density at radius 3 is 2.82 bits per heavy atom. The van der Waals surface area contributed by atoms with E-state index in [-0.39, 0.29) is 23.7 Å². The molecular formula is C16H21N3O3. The van der Waals surface area contributed by atoms with E-state index in [4.69, 9.17) is 14.4 Å². The highest BCUT2D eigenvalue weighted by Crippen LogP contribution is 2.10. The van der Waals surface area contributed by atoms with Crippen molar-refractivity contribution in [3.05, 3.63) is 29.7 Å². The van der Waals surface area contributed by atoms with Crippen LogP contribution in [0.1, 0.15) is 19.6 Å². The fourth-order valence-corrected chi connectivity index (χ4v) is 2.55. The minimum absolute atomic E-state index is 0.0404. The summed E-state index contributed by atoms with van der Waals surface area (Å²) in [5.41, 5.74) is 0.0404. The summed E-state index contributed by atoms with van der Waals surface area (Å²) in [5.74, 6) is 0.107. The van der Waals surface area contributed by atoms with Gasteiger partial charge >= 0.3 is 0 Å². The standard InChI is InChI=1S/C16H21N3O3/c1-12-10-19(11-13(2)22-12)6-5-18-16(20)14(9-17)8-15-4-3-7-21-15/h3-4,7-8,12-13H,5-6,10-11H2,1-2H3,(H,18,20)/b14-8-/t12-,13-/m1/s1. The first-order valence-electron chi connectivity index (χ1n) is 7.40. The zero-order valence-corrected chi connectivity index (χ0v) is 12.9. The van der Waals surface area contributed by atoms with E-state index in [9.17, 15) is 4.79 Å². The molecule has 2 heterocycles. The molecule has 1 N–H and O–H groups in total. The smallest absolute Gasteiger partial charge is 0.262 e. The Balaban J connectivity index is 1.81. The van der Waals surface area contributed by atoms with Gasteiger partial charge in [0.15, 0.2) is 0 Å². The van der Waals surface area contributed by atoms with Crippen molar-refractivity contribution in [2.75, 3.05) is 26.2 Å². The minimum Gasteiger partial charge on any atom is -0.465 e. The van der Waals surface area contributed by atoms with Crippen LogP contribution < -0.4 is 5.32 Å². The summed E-state index contributed by atoms with van der Waals surface area (Å²) in [5, 5.41) is 11.8. The zero-order valence-electron chi connectivity index (χ0n) is 12.9. The zero-order chi connectivity index (χ0) is 15.9. The van der Waals surface area contributed by atoms with E-state index < -0.39 is 0 Å². The molecule has 0 aliphatic carbocycles. The number of carbonyl (C=O) groups excluding carboxylic acids is 1. The molecule has 1 aliphatic heterocycles. The van der Waals surface area contributed by atoms with Crippen molar-refractivity contribution in [2.24, 2.45) is 0 Å². The molecule has 1 amide bonds. The predicted molar refractivity (Wildman–Crippen MR) is 81.8 cm³/mol. The fourth-order valence-electron chi connectivity index (χ4n) is 2.55. The van der Waals surface area contributed by atoms with E-state index in [2.05, 4.69) is 10.2 Å². The van der Waals surface area contributed by atoms with Crippen molar-refractivity contribution in [1.29, 1.82) is 5.26 Å². The second kappa shape index (κ2) is 7.78. The molecule has 0 bridgehead atoms. The molecule has 0 saturated carbocycles. The highest BCUT2D eigenvalue weighted by molar-refractivity contribution is 6.01. The average molecular weight is 303 g/mol. The normalized spacial score (nSPS) is 23.0. The molecular weight excluding hydrogens is 282 g/mol. The van der Waals surface area contributed by atoms with Gasteiger partial charge in [0.1, 0.15) is 17.4 Å². The van der Waals surface area contributed by atoms with Crippen molar-refractivity contribution in [3.63, 3.8) is 0 Å². The van der Waals surface area contributed by atoms with Gasteiger partial charge < -0.3 is 14.5 Å². The van der Waals surface area contributed by atoms with Crippen LogP contribution in [0.25, 0.3) is 6.08 Å². The molecule has 0 unspecified atom stereocenters. The molecule has 118 valence electrons. The largest absolute Gasteiger partial charge is 0.465 e. The minimum atomic E-state index is -0.381. The number of nitriles is 1. The van der Waals surface area contributed by atoms with Crippen LogP contribution >= 0.6 is 0 Å². The fraction of sp³-hybridized carbons (Fsp3) is 0.500. The lowest BCUT2D eigenvalue weighted by Gasteiger charge is -2.35. The Kier molecular flexibility index (Phi) is 5.75. The van der Waals surface area contributed by atoms with Crippen LogP contribution in [0.2, 0.25) is 0 Å². The number of amides is 1. The number of carbonyl (C=O) groups is 1. The van der Waals surface area contributed by atoms with Gasteiger partial charge in [0.25, 0.3) is 5.91 Å². The van der Waals surface area contributed by atoms with Gasteiger partial charge in [-0.3, -0.25) is 9.69 Å². The lowest BCUT2D eigenvalue weighted by atomic mass is 10.2. The highest BCUT2D eigenvalue weighted by Gasteiger charge is 2.21. The van der Waals surface area contributed by atoms with Gasteiger partial charge in [-0.15, -0.1) is 0 Å². The predicted octanol–water partition coefficient (Wildman–Crippen LogP) is 1.41. The van der Waals surface area contributed by atoms with E-state index in [0.717, 1.165) is 19.6 Å². The maximum Gasteiger partial charge on any atom is 0.262 e. The van der Waals surface area contributed by atoms with Crippen LogP contribution in [-0.2, 0) is 9.53 Å². The van der Waals surface area contributed by atoms with Crippen molar-refractivity contribution in [1.82, 2.24) is 10.2 Å². The number of rotatable bonds is 5. The average Bonchev–Trinajstić information content (AvgIpc) is 2.96. The topological polar surface area (TPSA) is 78.5 Å². The van der Waals surface area contributed by atoms with Gasteiger partial charge in [0.05, 0.1) is 18.5 Å². The summed E-state index contributed by atoms with van der Waals surface area (Å²) in [6, 6.07) is 5.30. The van der Waals surface area contributed by atoms with Crippen LogP contribution in [0.5, 0.6) is 0 Å². The van der Waals surface area contributed by atoms with E-state index in [1.165, 1.54) is 12.3 Å². The Bertz CT molecular complexity index is 550. The first-order valence-corrected chi connectivity index (χ1v) is 7.40. The van der Waals surface area contributed by atoms with Gasteiger partial charge in [-0.25, -0.2) is 0 Å². The Hall–Kier alpha value is -2.10. The Morgan fingerprint density at radius 2 is 2.23 bits per heavy atom. The molecule has 0 radical (unpaired) electrons. The first-order chi connectivity index (χ1) is 10.6. The summed E-state index contributed by atoms with van der Waals surface area (Å²) in [6.07, 6.45) is 3.34. The SMILES string of the molecule is C[C@@H]1CN(CCNC(=O)/C(C#N)=C\c2ccco2)C[C@@H](C)O1. The molecule has 2 rings (SSSR count). The molecule has 22 heavy (non-hydrogen) atoms. The maximum atomic E-state index is 12.0. The number of ether oxygens (including phenoxy) is 1. The third kappa shape index (κ3) is 4.72. The van der Waals surface area contributed by atoms with Crippen molar-refractivity contribution >= 4 is 12.0 Å². The number of hydrogen-bond donors (Lipinski definition) is 1. The number of nitrogens with zero attached hydrogens (tertiary/aromatic N) is 2. The summed E-state index contributed by atoms with van der Waals surface area (Å²) in [4.78, 5) is 14.2. The molecule has 0 aromatic carbocycles. The van der Waals surface area contributed by atoms with Crippen LogP contribution in [0.3, 0.4) is 0 Å². The Morgan fingerprint density at radius 1 is 1.50 bits per heavy atom. The molecule has 6 heteroatoms.